The van der Waals surface area contributed by atoms with Crippen molar-refractivity contribution >= 4 is 52.8 Å². The summed E-state index contributed by atoms with van der Waals surface area (Å²) in [6.45, 7) is 3.30. The molecule has 39 heavy (non-hydrogen) atoms. The summed E-state index contributed by atoms with van der Waals surface area (Å²) in [4.78, 5) is 53.4. The maximum atomic E-state index is 13.1. The Balaban J connectivity index is 1.53. The minimum absolute atomic E-state index is 0.0265. The van der Waals surface area contributed by atoms with Crippen molar-refractivity contribution < 1.29 is 34.5 Å². The van der Waals surface area contributed by atoms with Crippen LogP contribution in [0.15, 0.2) is 48.5 Å². The summed E-state index contributed by atoms with van der Waals surface area (Å²) in [6, 6.07) is 14.3. The van der Waals surface area contributed by atoms with E-state index >= 15 is 0 Å². The third-order valence-corrected chi connectivity index (χ3v) is 7.82. The second-order valence-electron chi connectivity index (χ2n) is 9.06. The summed E-state index contributed by atoms with van der Waals surface area (Å²) in [6.07, 6.45) is 0.297. The second-order valence-corrected chi connectivity index (χ2v) is 10.7. The predicted molar refractivity (Wildman–Crippen MR) is 150 cm³/mol. The average molecular weight is 578 g/mol. The molecule has 210 valence electrons. The van der Waals surface area contributed by atoms with E-state index in [0.29, 0.717) is 29.4 Å². The standard InChI is InChI=1S/C27H32ClN3O7S/c28-21-5-1-19(2-6-21)9-10-29-11-13-30(14-12-29)26(36)20-3-7-22(8-4-20)31(15-16-32)24(33)18-39-23(27(37)38)17-25(34)35/h1-8,23,32H,9-18H2,(H,34,35)(H,37,38). The van der Waals surface area contributed by atoms with E-state index in [9.17, 15) is 29.4 Å². The summed E-state index contributed by atoms with van der Waals surface area (Å²) in [5.74, 6) is -3.43. The molecule has 1 aliphatic heterocycles. The normalized spacial score (nSPS) is 14.6. The first-order valence-electron chi connectivity index (χ1n) is 12.5. The predicted octanol–water partition coefficient (Wildman–Crippen LogP) is 2.33. The summed E-state index contributed by atoms with van der Waals surface area (Å²) >= 11 is 6.67. The maximum absolute atomic E-state index is 13.1. The van der Waals surface area contributed by atoms with E-state index in [1.165, 1.54) is 10.5 Å². The summed E-state index contributed by atoms with van der Waals surface area (Å²) in [5, 5.41) is 27.0. The van der Waals surface area contributed by atoms with Crippen molar-refractivity contribution in [1.82, 2.24) is 9.80 Å². The van der Waals surface area contributed by atoms with Gasteiger partial charge in [0.25, 0.3) is 5.91 Å². The fourth-order valence-corrected chi connectivity index (χ4v) is 5.23. The Hall–Kier alpha value is -3.12. The molecule has 0 spiro atoms. The maximum Gasteiger partial charge on any atom is 0.317 e. The number of hydrogen-bond acceptors (Lipinski definition) is 7. The molecule has 3 rings (SSSR count). The largest absolute Gasteiger partial charge is 0.481 e. The van der Waals surface area contributed by atoms with Crippen molar-refractivity contribution in [3.63, 3.8) is 0 Å². The molecular formula is C27H32ClN3O7S. The van der Waals surface area contributed by atoms with Crippen LogP contribution in [0, 0.1) is 0 Å². The molecule has 0 radical (unpaired) electrons. The second kappa shape index (κ2) is 14.9. The number of nitrogens with zero attached hydrogens (tertiary/aromatic N) is 3. The minimum atomic E-state index is -1.31. The van der Waals surface area contributed by atoms with Crippen LogP contribution in [-0.4, -0.2) is 106 Å². The molecule has 1 heterocycles. The Labute approximate surface area is 236 Å². The molecule has 2 amide bonds. The molecule has 1 atom stereocenters. The molecule has 2 aromatic rings. The number of aliphatic hydroxyl groups is 1. The topological polar surface area (TPSA) is 139 Å². The summed E-state index contributed by atoms with van der Waals surface area (Å²) < 4.78 is 0. The quantitative estimate of drug-likeness (QED) is 0.327. The highest BCUT2D eigenvalue weighted by molar-refractivity contribution is 8.01. The molecule has 0 bridgehead atoms. The molecule has 12 heteroatoms. The molecule has 0 saturated carbocycles. The van der Waals surface area contributed by atoms with Gasteiger partial charge in [-0.3, -0.25) is 24.1 Å². The van der Waals surface area contributed by atoms with Gasteiger partial charge in [0.15, 0.2) is 0 Å². The van der Waals surface area contributed by atoms with Gasteiger partial charge in [-0.15, -0.1) is 11.8 Å². The van der Waals surface area contributed by atoms with E-state index in [2.05, 4.69) is 4.90 Å². The van der Waals surface area contributed by atoms with E-state index in [0.717, 1.165) is 37.8 Å². The molecule has 1 fully saturated rings. The first-order chi connectivity index (χ1) is 18.7. The highest BCUT2D eigenvalue weighted by Crippen LogP contribution is 2.21. The number of benzene rings is 2. The van der Waals surface area contributed by atoms with Crippen LogP contribution in [0.4, 0.5) is 5.69 Å². The Kier molecular flexibility index (Phi) is 11.6. The number of amides is 2. The van der Waals surface area contributed by atoms with Crippen molar-refractivity contribution in [2.45, 2.75) is 18.1 Å². The van der Waals surface area contributed by atoms with Gasteiger partial charge in [-0.05, 0) is 48.4 Å². The first-order valence-corrected chi connectivity index (χ1v) is 13.9. The lowest BCUT2D eigenvalue weighted by atomic mass is 10.1. The number of rotatable bonds is 13. The average Bonchev–Trinajstić information content (AvgIpc) is 2.93. The molecule has 1 aliphatic rings. The van der Waals surface area contributed by atoms with Crippen LogP contribution in [0.5, 0.6) is 0 Å². The molecule has 1 unspecified atom stereocenters. The molecule has 0 aromatic heterocycles. The lowest BCUT2D eigenvalue weighted by Crippen LogP contribution is -2.49. The van der Waals surface area contributed by atoms with E-state index in [4.69, 9.17) is 16.7 Å². The monoisotopic (exact) mass is 577 g/mol. The van der Waals surface area contributed by atoms with Gasteiger partial charge in [0.2, 0.25) is 5.91 Å². The highest BCUT2D eigenvalue weighted by Gasteiger charge is 2.26. The number of hydrogen-bond donors (Lipinski definition) is 3. The number of aliphatic carboxylic acids is 2. The van der Waals surface area contributed by atoms with Crippen LogP contribution in [-0.2, 0) is 20.8 Å². The Morgan fingerprint density at radius 3 is 2.15 bits per heavy atom. The number of anilines is 1. The minimum Gasteiger partial charge on any atom is -0.481 e. The van der Waals surface area contributed by atoms with Gasteiger partial charge in [0.1, 0.15) is 5.25 Å². The Morgan fingerprint density at radius 2 is 1.59 bits per heavy atom. The summed E-state index contributed by atoms with van der Waals surface area (Å²) in [7, 11) is 0. The zero-order valence-electron chi connectivity index (χ0n) is 21.4. The van der Waals surface area contributed by atoms with E-state index in [1.54, 1.807) is 29.2 Å². The lowest BCUT2D eigenvalue weighted by molar-refractivity contribution is -0.142. The zero-order chi connectivity index (χ0) is 28.4. The number of halogens is 1. The SMILES string of the molecule is O=C(O)CC(SCC(=O)N(CCO)c1ccc(C(=O)N2CCN(CCc3ccc(Cl)cc3)CC2)cc1)C(=O)O. The molecule has 2 aromatic carbocycles. The fourth-order valence-electron chi connectivity index (χ4n) is 4.20. The van der Waals surface area contributed by atoms with E-state index < -0.39 is 29.5 Å². The fraction of sp³-hybridized carbons (Fsp3) is 0.407. The smallest absolute Gasteiger partial charge is 0.317 e. The third kappa shape index (κ3) is 9.24. The number of aliphatic hydroxyl groups excluding tert-OH is 1. The summed E-state index contributed by atoms with van der Waals surface area (Å²) in [5.41, 5.74) is 2.14. The molecular weight excluding hydrogens is 546 g/mol. The number of carbonyl (C=O) groups is 4. The Bertz CT molecular complexity index is 1140. The third-order valence-electron chi connectivity index (χ3n) is 6.38. The van der Waals surface area contributed by atoms with Gasteiger partial charge >= 0.3 is 11.9 Å². The van der Waals surface area contributed by atoms with Crippen LogP contribution < -0.4 is 4.90 Å². The van der Waals surface area contributed by atoms with Crippen LogP contribution in [0.2, 0.25) is 5.02 Å². The van der Waals surface area contributed by atoms with Gasteiger partial charge in [-0.1, -0.05) is 23.7 Å². The van der Waals surface area contributed by atoms with Gasteiger partial charge in [0, 0.05) is 55.5 Å². The van der Waals surface area contributed by atoms with E-state index in [-0.39, 0.29) is 24.8 Å². The van der Waals surface area contributed by atoms with Crippen molar-refractivity contribution in [3.8, 4) is 0 Å². The number of piperazine rings is 1. The first kappa shape index (κ1) is 30.4. The van der Waals surface area contributed by atoms with Gasteiger partial charge in [-0.25, -0.2) is 0 Å². The van der Waals surface area contributed by atoms with Crippen molar-refractivity contribution in [2.24, 2.45) is 0 Å². The van der Waals surface area contributed by atoms with Gasteiger partial charge in [0.05, 0.1) is 18.8 Å². The highest BCUT2D eigenvalue weighted by atomic mass is 35.5. The zero-order valence-corrected chi connectivity index (χ0v) is 22.9. The molecule has 1 saturated heterocycles. The van der Waals surface area contributed by atoms with E-state index in [1.807, 2.05) is 24.3 Å². The molecule has 3 N–H and O–H groups in total. The number of carbonyl (C=O) groups excluding carboxylic acids is 2. The number of carboxylic acids is 2. The molecule has 0 aliphatic carbocycles. The Morgan fingerprint density at radius 1 is 0.949 bits per heavy atom. The number of carboxylic acid groups (broad SMARTS) is 2. The number of thioether (sulfide) groups is 1. The van der Waals surface area contributed by atoms with Gasteiger partial charge in [-0.2, -0.15) is 0 Å². The van der Waals surface area contributed by atoms with Crippen molar-refractivity contribution in [1.29, 1.82) is 0 Å². The van der Waals surface area contributed by atoms with Crippen LogP contribution >= 0.6 is 23.4 Å². The van der Waals surface area contributed by atoms with Crippen molar-refractivity contribution in [3.05, 3.63) is 64.7 Å². The van der Waals surface area contributed by atoms with Crippen LogP contribution in [0.3, 0.4) is 0 Å². The van der Waals surface area contributed by atoms with Crippen LogP contribution in [0.25, 0.3) is 0 Å². The lowest BCUT2D eigenvalue weighted by Gasteiger charge is -2.35. The van der Waals surface area contributed by atoms with Crippen LogP contribution in [0.1, 0.15) is 22.3 Å². The molecule has 10 nitrogen and oxygen atoms in total. The van der Waals surface area contributed by atoms with Gasteiger partial charge < -0.3 is 25.1 Å². The van der Waals surface area contributed by atoms with Crippen molar-refractivity contribution in [2.75, 3.05) is 56.5 Å².